The van der Waals surface area contributed by atoms with Gasteiger partial charge in [0.1, 0.15) is 11.4 Å². The zero-order valence-corrected chi connectivity index (χ0v) is 12.8. The van der Waals surface area contributed by atoms with Gasteiger partial charge in [-0.15, -0.1) is 0 Å². The third-order valence-electron chi connectivity index (χ3n) is 4.46. The van der Waals surface area contributed by atoms with Crippen molar-refractivity contribution < 1.29 is 13.9 Å². The second-order valence-corrected chi connectivity index (χ2v) is 5.74. The zero-order chi connectivity index (χ0) is 15.3. The van der Waals surface area contributed by atoms with Crippen LogP contribution in [0.2, 0.25) is 0 Å². The zero-order valence-electron chi connectivity index (χ0n) is 12.8. The first-order chi connectivity index (χ1) is 10.1. The molecule has 116 valence electrons. The van der Waals surface area contributed by atoms with Gasteiger partial charge < -0.3 is 4.74 Å². The highest BCUT2D eigenvalue weighted by molar-refractivity contribution is 5.82. The summed E-state index contributed by atoms with van der Waals surface area (Å²) >= 11 is 0. The average molecular weight is 293 g/mol. The standard InChI is InChI=1S/C17H24FNO2/c1-3-17(16(20)21-2,13-9-11-14(18)12-10-13)19-15-7-5-4-6-8-15/h9-12,15,19H,3-8H2,1-2H3. The van der Waals surface area contributed by atoms with E-state index in [2.05, 4.69) is 5.32 Å². The lowest BCUT2D eigenvalue weighted by Gasteiger charge is -2.37. The molecule has 1 fully saturated rings. The van der Waals surface area contributed by atoms with Gasteiger partial charge in [0.05, 0.1) is 7.11 Å². The molecule has 0 heterocycles. The number of nitrogens with one attached hydrogen (secondary N) is 1. The fourth-order valence-corrected chi connectivity index (χ4v) is 3.21. The molecule has 0 radical (unpaired) electrons. The summed E-state index contributed by atoms with van der Waals surface area (Å²) in [7, 11) is 1.40. The first-order valence-electron chi connectivity index (χ1n) is 7.74. The first kappa shape index (κ1) is 16.0. The highest BCUT2D eigenvalue weighted by Crippen LogP contribution is 2.30. The molecule has 21 heavy (non-hydrogen) atoms. The highest BCUT2D eigenvalue weighted by Gasteiger charge is 2.41. The van der Waals surface area contributed by atoms with Gasteiger partial charge in [0.2, 0.25) is 0 Å². The van der Waals surface area contributed by atoms with Crippen LogP contribution in [0, 0.1) is 5.82 Å². The van der Waals surface area contributed by atoms with E-state index >= 15 is 0 Å². The molecule has 0 amide bonds. The maximum absolute atomic E-state index is 13.2. The van der Waals surface area contributed by atoms with Gasteiger partial charge >= 0.3 is 5.97 Å². The Hall–Kier alpha value is -1.42. The van der Waals surface area contributed by atoms with E-state index in [1.165, 1.54) is 38.5 Å². The fraction of sp³-hybridized carbons (Fsp3) is 0.588. The van der Waals surface area contributed by atoms with Crippen molar-refractivity contribution in [2.45, 2.75) is 57.0 Å². The summed E-state index contributed by atoms with van der Waals surface area (Å²) < 4.78 is 18.2. The minimum Gasteiger partial charge on any atom is -0.467 e. The normalized spacial score (nSPS) is 19.0. The summed E-state index contributed by atoms with van der Waals surface area (Å²) in [6.45, 7) is 1.95. The van der Waals surface area contributed by atoms with E-state index in [0.717, 1.165) is 18.4 Å². The monoisotopic (exact) mass is 293 g/mol. The van der Waals surface area contributed by atoms with Crippen molar-refractivity contribution in [3.05, 3.63) is 35.6 Å². The Balaban J connectivity index is 2.32. The van der Waals surface area contributed by atoms with E-state index in [4.69, 9.17) is 4.74 Å². The van der Waals surface area contributed by atoms with E-state index in [1.807, 2.05) is 6.92 Å². The summed E-state index contributed by atoms with van der Waals surface area (Å²) in [5, 5.41) is 3.51. The summed E-state index contributed by atoms with van der Waals surface area (Å²) in [6.07, 6.45) is 6.33. The molecule has 0 aromatic heterocycles. The van der Waals surface area contributed by atoms with Gasteiger partial charge in [-0.05, 0) is 37.0 Å². The Kier molecular flexibility index (Phi) is 5.34. The number of methoxy groups -OCH3 is 1. The van der Waals surface area contributed by atoms with E-state index < -0.39 is 5.54 Å². The molecule has 1 N–H and O–H groups in total. The minimum absolute atomic E-state index is 0.300. The number of carbonyl (C=O) groups is 1. The number of ether oxygens (including phenoxy) is 1. The number of carbonyl (C=O) groups excluding carboxylic acids is 1. The predicted octanol–water partition coefficient (Wildman–Crippen LogP) is 3.53. The molecule has 4 heteroatoms. The van der Waals surface area contributed by atoms with Gasteiger partial charge in [-0.3, -0.25) is 5.32 Å². The number of rotatable bonds is 5. The molecule has 1 aliphatic carbocycles. The quantitative estimate of drug-likeness (QED) is 0.844. The van der Waals surface area contributed by atoms with Crippen LogP contribution in [0.1, 0.15) is 51.0 Å². The molecule has 2 rings (SSSR count). The summed E-state index contributed by atoms with van der Waals surface area (Å²) in [5.41, 5.74) is -0.117. The van der Waals surface area contributed by atoms with Crippen molar-refractivity contribution in [2.75, 3.05) is 7.11 Å². The molecule has 1 atom stereocenters. The SMILES string of the molecule is CCC(NC1CCCCC1)(C(=O)OC)c1ccc(F)cc1. The Bertz CT molecular complexity index is 468. The molecule has 1 aliphatic rings. The van der Waals surface area contributed by atoms with E-state index in [9.17, 15) is 9.18 Å². The molecular formula is C17H24FNO2. The molecule has 0 spiro atoms. The van der Waals surface area contributed by atoms with Gasteiger partial charge in [0.15, 0.2) is 0 Å². The third kappa shape index (κ3) is 3.43. The molecule has 1 aromatic carbocycles. The van der Waals surface area contributed by atoms with Gasteiger partial charge in [-0.1, -0.05) is 38.3 Å². The first-order valence-corrected chi connectivity index (χ1v) is 7.74. The average Bonchev–Trinajstić information content (AvgIpc) is 2.54. The lowest BCUT2D eigenvalue weighted by Crippen LogP contribution is -2.54. The van der Waals surface area contributed by atoms with E-state index in [0.29, 0.717) is 12.5 Å². The van der Waals surface area contributed by atoms with Crippen LogP contribution < -0.4 is 5.32 Å². The van der Waals surface area contributed by atoms with Crippen LogP contribution in [0.15, 0.2) is 24.3 Å². The Morgan fingerprint density at radius 3 is 2.43 bits per heavy atom. The van der Waals surface area contributed by atoms with Crippen LogP contribution in [0.4, 0.5) is 4.39 Å². The van der Waals surface area contributed by atoms with Crippen LogP contribution in [-0.2, 0) is 15.1 Å². The van der Waals surface area contributed by atoms with Crippen molar-refractivity contribution in [2.24, 2.45) is 0 Å². The van der Waals surface area contributed by atoms with Gasteiger partial charge in [-0.25, -0.2) is 9.18 Å². The van der Waals surface area contributed by atoms with Crippen molar-refractivity contribution in [1.82, 2.24) is 5.32 Å². The maximum Gasteiger partial charge on any atom is 0.330 e. The number of benzene rings is 1. The molecule has 0 bridgehead atoms. The number of hydrogen-bond donors (Lipinski definition) is 1. The molecular weight excluding hydrogens is 269 g/mol. The number of hydrogen-bond acceptors (Lipinski definition) is 3. The van der Waals surface area contributed by atoms with Gasteiger partial charge in [0, 0.05) is 6.04 Å². The Labute approximate surface area is 125 Å². The van der Waals surface area contributed by atoms with Crippen molar-refractivity contribution in [3.8, 4) is 0 Å². The number of halogens is 1. The lowest BCUT2D eigenvalue weighted by atomic mass is 9.84. The minimum atomic E-state index is -0.884. The van der Waals surface area contributed by atoms with Crippen LogP contribution in [0.25, 0.3) is 0 Å². The van der Waals surface area contributed by atoms with E-state index in [1.54, 1.807) is 12.1 Å². The van der Waals surface area contributed by atoms with Crippen LogP contribution in [-0.4, -0.2) is 19.1 Å². The molecule has 0 saturated heterocycles. The van der Waals surface area contributed by atoms with Crippen LogP contribution >= 0.6 is 0 Å². The van der Waals surface area contributed by atoms with E-state index in [-0.39, 0.29) is 11.8 Å². The molecule has 0 aliphatic heterocycles. The third-order valence-corrected chi connectivity index (χ3v) is 4.46. The predicted molar refractivity (Wildman–Crippen MR) is 80.4 cm³/mol. The fourth-order valence-electron chi connectivity index (χ4n) is 3.21. The second-order valence-electron chi connectivity index (χ2n) is 5.74. The van der Waals surface area contributed by atoms with Crippen molar-refractivity contribution in [1.29, 1.82) is 0 Å². The van der Waals surface area contributed by atoms with Gasteiger partial charge in [-0.2, -0.15) is 0 Å². The van der Waals surface area contributed by atoms with Crippen LogP contribution in [0.5, 0.6) is 0 Å². The summed E-state index contributed by atoms with van der Waals surface area (Å²) in [6, 6.07) is 6.44. The topological polar surface area (TPSA) is 38.3 Å². The van der Waals surface area contributed by atoms with Crippen molar-refractivity contribution in [3.63, 3.8) is 0 Å². The lowest BCUT2D eigenvalue weighted by molar-refractivity contribution is -0.150. The smallest absolute Gasteiger partial charge is 0.330 e. The maximum atomic E-state index is 13.2. The Morgan fingerprint density at radius 2 is 1.90 bits per heavy atom. The Morgan fingerprint density at radius 1 is 1.29 bits per heavy atom. The van der Waals surface area contributed by atoms with Crippen LogP contribution in [0.3, 0.4) is 0 Å². The summed E-state index contributed by atoms with van der Waals surface area (Å²) in [5.74, 6) is -0.603. The largest absolute Gasteiger partial charge is 0.467 e. The molecule has 1 unspecified atom stereocenters. The number of esters is 1. The van der Waals surface area contributed by atoms with Gasteiger partial charge in [0.25, 0.3) is 0 Å². The van der Waals surface area contributed by atoms with Crippen molar-refractivity contribution >= 4 is 5.97 Å². The summed E-state index contributed by atoms with van der Waals surface area (Å²) in [4.78, 5) is 12.4. The molecule has 1 saturated carbocycles. The highest BCUT2D eigenvalue weighted by atomic mass is 19.1. The molecule has 3 nitrogen and oxygen atoms in total. The molecule has 1 aromatic rings. The second kappa shape index (κ2) is 7.03.